The van der Waals surface area contributed by atoms with Crippen LogP contribution in [0.3, 0.4) is 0 Å². The maximum absolute atomic E-state index is 12.6. The van der Waals surface area contributed by atoms with Crippen LogP contribution in [0, 0.1) is 12.8 Å². The van der Waals surface area contributed by atoms with Crippen molar-refractivity contribution >= 4 is 17.2 Å². The van der Waals surface area contributed by atoms with Crippen molar-refractivity contribution in [3.05, 3.63) is 47.1 Å². The van der Waals surface area contributed by atoms with E-state index in [0.717, 1.165) is 36.7 Å². The highest BCUT2D eigenvalue weighted by Crippen LogP contribution is 2.28. The summed E-state index contributed by atoms with van der Waals surface area (Å²) in [7, 11) is 0. The van der Waals surface area contributed by atoms with Crippen molar-refractivity contribution in [1.29, 1.82) is 0 Å². The molecule has 25 heavy (non-hydrogen) atoms. The summed E-state index contributed by atoms with van der Waals surface area (Å²) in [6.45, 7) is 4.05. The van der Waals surface area contributed by atoms with Crippen LogP contribution in [0.15, 0.2) is 35.4 Å². The molecule has 0 bridgehead atoms. The van der Waals surface area contributed by atoms with E-state index in [1.54, 1.807) is 17.5 Å². The second kappa shape index (κ2) is 6.84. The standard InChI is InChI=1S/C18H21N5OS/c1-13-19-5-7-22(13)8-6-20-18(24)14-2-3-17-21-10-16(23(17)11-14)15-4-9-25-12-15/h4-5,7,9-10,12,14H,2-3,6,8,11H2,1H3,(H,20,24). The lowest BCUT2D eigenvalue weighted by Crippen LogP contribution is -2.37. The highest BCUT2D eigenvalue weighted by atomic mass is 32.1. The van der Waals surface area contributed by atoms with Crippen molar-refractivity contribution in [2.24, 2.45) is 5.92 Å². The van der Waals surface area contributed by atoms with Gasteiger partial charge in [0, 0.05) is 49.4 Å². The van der Waals surface area contributed by atoms with Crippen LogP contribution in [0.2, 0.25) is 0 Å². The Kier molecular flexibility index (Phi) is 4.40. The van der Waals surface area contributed by atoms with Gasteiger partial charge in [0.05, 0.1) is 17.8 Å². The van der Waals surface area contributed by atoms with Crippen LogP contribution in [0.5, 0.6) is 0 Å². The van der Waals surface area contributed by atoms with E-state index < -0.39 is 0 Å². The number of carbonyl (C=O) groups excluding carboxylic acids is 1. The molecule has 1 atom stereocenters. The molecule has 6 nitrogen and oxygen atoms in total. The van der Waals surface area contributed by atoms with Crippen LogP contribution in [0.25, 0.3) is 11.3 Å². The monoisotopic (exact) mass is 355 g/mol. The smallest absolute Gasteiger partial charge is 0.224 e. The van der Waals surface area contributed by atoms with Gasteiger partial charge in [0.15, 0.2) is 0 Å². The molecule has 1 aliphatic heterocycles. The number of aromatic nitrogens is 4. The summed E-state index contributed by atoms with van der Waals surface area (Å²) in [5, 5.41) is 7.27. The molecule has 7 heteroatoms. The van der Waals surface area contributed by atoms with E-state index in [2.05, 4.69) is 36.7 Å². The van der Waals surface area contributed by atoms with Crippen LogP contribution in [-0.2, 0) is 24.3 Å². The third-order valence-corrected chi connectivity index (χ3v) is 5.50. The Morgan fingerprint density at radius 2 is 2.36 bits per heavy atom. The summed E-state index contributed by atoms with van der Waals surface area (Å²) in [5.74, 6) is 2.19. The molecular formula is C18H21N5OS. The molecule has 0 aliphatic carbocycles. The van der Waals surface area contributed by atoms with Gasteiger partial charge >= 0.3 is 0 Å². The quantitative estimate of drug-likeness (QED) is 0.765. The molecule has 4 rings (SSSR count). The summed E-state index contributed by atoms with van der Waals surface area (Å²) in [6.07, 6.45) is 7.36. The number of hydrogen-bond acceptors (Lipinski definition) is 4. The highest BCUT2D eigenvalue weighted by molar-refractivity contribution is 7.08. The van der Waals surface area contributed by atoms with Crippen LogP contribution in [0.4, 0.5) is 0 Å². The van der Waals surface area contributed by atoms with Crippen LogP contribution in [0.1, 0.15) is 18.1 Å². The maximum atomic E-state index is 12.6. The molecule has 4 heterocycles. The molecule has 3 aromatic rings. The van der Waals surface area contributed by atoms with E-state index in [9.17, 15) is 4.79 Å². The molecule has 1 N–H and O–H groups in total. The lowest BCUT2D eigenvalue weighted by molar-refractivity contribution is -0.125. The van der Waals surface area contributed by atoms with Crippen LogP contribution >= 0.6 is 11.3 Å². The molecule has 1 amide bonds. The van der Waals surface area contributed by atoms with Crippen molar-refractivity contribution in [1.82, 2.24) is 24.4 Å². The lowest BCUT2D eigenvalue weighted by atomic mass is 9.98. The predicted octanol–water partition coefficient (Wildman–Crippen LogP) is 2.50. The molecule has 3 aromatic heterocycles. The zero-order valence-electron chi connectivity index (χ0n) is 14.2. The first-order valence-corrected chi connectivity index (χ1v) is 9.49. The largest absolute Gasteiger partial charge is 0.354 e. The number of nitrogens with zero attached hydrogens (tertiary/aromatic N) is 4. The molecule has 1 unspecified atom stereocenters. The first-order valence-electron chi connectivity index (χ1n) is 8.55. The van der Waals surface area contributed by atoms with E-state index in [0.29, 0.717) is 13.1 Å². The fourth-order valence-electron chi connectivity index (χ4n) is 3.37. The number of nitrogens with one attached hydrogen (secondary N) is 1. The van der Waals surface area contributed by atoms with Gasteiger partial charge in [0.2, 0.25) is 5.91 Å². The van der Waals surface area contributed by atoms with Gasteiger partial charge in [-0.05, 0) is 24.8 Å². The zero-order valence-corrected chi connectivity index (χ0v) is 15.0. The highest BCUT2D eigenvalue weighted by Gasteiger charge is 2.27. The SMILES string of the molecule is Cc1nccn1CCNC(=O)C1CCc2ncc(-c3ccsc3)n2C1. The third kappa shape index (κ3) is 3.24. The fraction of sp³-hybridized carbons (Fsp3) is 0.389. The second-order valence-corrected chi connectivity index (χ2v) is 7.16. The molecule has 0 spiro atoms. The van der Waals surface area contributed by atoms with Gasteiger partial charge in [0.1, 0.15) is 11.6 Å². The van der Waals surface area contributed by atoms with Crippen LogP contribution < -0.4 is 5.32 Å². The first-order chi connectivity index (χ1) is 12.2. The van der Waals surface area contributed by atoms with Crippen molar-refractivity contribution in [3.8, 4) is 11.3 Å². The van der Waals surface area contributed by atoms with Gasteiger partial charge < -0.3 is 14.5 Å². The first kappa shape index (κ1) is 16.1. The second-order valence-electron chi connectivity index (χ2n) is 6.38. The van der Waals surface area contributed by atoms with E-state index in [1.807, 2.05) is 23.9 Å². The van der Waals surface area contributed by atoms with E-state index in [4.69, 9.17) is 0 Å². The lowest BCUT2D eigenvalue weighted by Gasteiger charge is -2.24. The normalized spacial score (nSPS) is 16.6. The predicted molar refractivity (Wildman–Crippen MR) is 97.3 cm³/mol. The van der Waals surface area contributed by atoms with Crippen molar-refractivity contribution in [3.63, 3.8) is 0 Å². The minimum absolute atomic E-state index is 0.00275. The molecule has 0 saturated carbocycles. The third-order valence-electron chi connectivity index (χ3n) is 4.82. The van der Waals surface area contributed by atoms with Gasteiger partial charge in [-0.25, -0.2) is 9.97 Å². The fourth-order valence-corrected chi connectivity index (χ4v) is 4.02. The molecular weight excluding hydrogens is 334 g/mol. The Morgan fingerprint density at radius 3 is 3.12 bits per heavy atom. The Hall–Kier alpha value is -2.41. The summed E-state index contributed by atoms with van der Waals surface area (Å²) in [6, 6.07) is 2.10. The molecule has 0 radical (unpaired) electrons. The summed E-state index contributed by atoms with van der Waals surface area (Å²) in [4.78, 5) is 21.3. The summed E-state index contributed by atoms with van der Waals surface area (Å²) in [5.41, 5.74) is 2.29. The number of rotatable bonds is 5. The molecule has 0 aromatic carbocycles. The Bertz CT molecular complexity index is 864. The molecule has 1 aliphatic rings. The van der Waals surface area contributed by atoms with Crippen LogP contribution in [-0.4, -0.2) is 31.6 Å². The number of fused-ring (bicyclic) bond motifs is 1. The molecule has 0 saturated heterocycles. The van der Waals surface area contributed by atoms with Crippen molar-refractivity contribution < 1.29 is 4.79 Å². The number of imidazole rings is 2. The van der Waals surface area contributed by atoms with Gasteiger partial charge in [-0.15, -0.1) is 0 Å². The average Bonchev–Trinajstić information content (AvgIpc) is 3.34. The topological polar surface area (TPSA) is 64.7 Å². The Morgan fingerprint density at radius 1 is 1.44 bits per heavy atom. The molecule has 0 fully saturated rings. The number of carbonyl (C=O) groups is 1. The number of hydrogen-bond donors (Lipinski definition) is 1. The van der Waals surface area contributed by atoms with E-state index in [-0.39, 0.29) is 11.8 Å². The summed E-state index contributed by atoms with van der Waals surface area (Å²) >= 11 is 1.68. The minimum atomic E-state index is 0.00275. The maximum Gasteiger partial charge on any atom is 0.224 e. The number of amides is 1. The molecule has 130 valence electrons. The number of aryl methyl sites for hydroxylation is 2. The van der Waals surface area contributed by atoms with Gasteiger partial charge in [-0.2, -0.15) is 11.3 Å². The van der Waals surface area contributed by atoms with E-state index >= 15 is 0 Å². The average molecular weight is 355 g/mol. The van der Waals surface area contributed by atoms with Crippen molar-refractivity contribution in [2.45, 2.75) is 32.9 Å². The van der Waals surface area contributed by atoms with Gasteiger partial charge in [0.25, 0.3) is 0 Å². The van der Waals surface area contributed by atoms with Gasteiger partial charge in [-0.3, -0.25) is 4.79 Å². The van der Waals surface area contributed by atoms with Gasteiger partial charge in [-0.1, -0.05) is 0 Å². The van der Waals surface area contributed by atoms with E-state index in [1.165, 1.54) is 5.56 Å². The summed E-state index contributed by atoms with van der Waals surface area (Å²) < 4.78 is 4.25. The zero-order chi connectivity index (χ0) is 17.2. The number of thiophene rings is 1. The Labute approximate surface area is 150 Å². The minimum Gasteiger partial charge on any atom is -0.354 e. The van der Waals surface area contributed by atoms with Crippen molar-refractivity contribution in [2.75, 3.05) is 6.54 Å². The Balaban J connectivity index is 1.39.